The average Bonchev–Trinajstić information content (AvgIpc) is 2.53. The van der Waals surface area contributed by atoms with E-state index in [0.29, 0.717) is 17.9 Å². The number of halogens is 1. The standard InChI is InChI=1S/C17H25FN2O2/c1-2-20-8-6-13(7-9-20)10-17(22)19-12-16(21)14-4-3-5-15(18)11-14/h3-5,11,13,16,21H,2,6-10,12H2,1H3,(H,19,22)/t16-/m1/s1. The van der Waals surface area contributed by atoms with Crippen molar-refractivity contribution in [2.24, 2.45) is 5.92 Å². The van der Waals surface area contributed by atoms with Gasteiger partial charge in [-0.15, -0.1) is 0 Å². The zero-order chi connectivity index (χ0) is 15.9. The summed E-state index contributed by atoms with van der Waals surface area (Å²) in [5.74, 6) is 0.00470. The molecule has 0 bridgehead atoms. The summed E-state index contributed by atoms with van der Waals surface area (Å²) in [4.78, 5) is 14.3. The number of nitrogens with zero attached hydrogens (tertiary/aromatic N) is 1. The molecule has 2 rings (SSSR count). The molecule has 2 N–H and O–H groups in total. The van der Waals surface area contributed by atoms with Gasteiger partial charge < -0.3 is 15.3 Å². The molecule has 1 aliphatic rings. The van der Waals surface area contributed by atoms with E-state index in [2.05, 4.69) is 17.1 Å². The first-order valence-electron chi connectivity index (χ1n) is 8.01. The minimum Gasteiger partial charge on any atom is -0.387 e. The smallest absolute Gasteiger partial charge is 0.220 e. The fourth-order valence-corrected chi connectivity index (χ4v) is 2.88. The predicted octanol–water partition coefficient (Wildman–Crippen LogP) is 2.10. The number of amides is 1. The number of benzene rings is 1. The van der Waals surface area contributed by atoms with E-state index in [1.807, 2.05) is 0 Å². The SMILES string of the molecule is CCN1CCC(CC(=O)NC[C@@H](O)c2cccc(F)c2)CC1. The Morgan fingerprint density at radius 2 is 2.18 bits per heavy atom. The van der Waals surface area contributed by atoms with Gasteiger partial charge >= 0.3 is 0 Å². The van der Waals surface area contributed by atoms with Crippen LogP contribution >= 0.6 is 0 Å². The van der Waals surface area contributed by atoms with Crippen molar-refractivity contribution in [1.82, 2.24) is 10.2 Å². The first-order chi connectivity index (χ1) is 10.6. The van der Waals surface area contributed by atoms with Gasteiger partial charge in [0.05, 0.1) is 6.10 Å². The maximum absolute atomic E-state index is 13.1. The largest absolute Gasteiger partial charge is 0.387 e. The summed E-state index contributed by atoms with van der Waals surface area (Å²) in [6, 6.07) is 5.83. The van der Waals surface area contributed by atoms with Crippen molar-refractivity contribution in [2.45, 2.75) is 32.3 Å². The zero-order valence-corrected chi connectivity index (χ0v) is 13.1. The van der Waals surface area contributed by atoms with Crippen molar-refractivity contribution in [3.63, 3.8) is 0 Å². The van der Waals surface area contributed by atoms with Crippen molar-refractivity contribution < 1.29 is 14.3 Å². The highest BCUT2D eigenvalue weighted by atomic mass is 19.1. The molecule has 122 valence electrons. The molecule has 1 heterocycles. The third-order valence-corrected chi connectivity index (χ3v) is 4.35. The van der Waals surface area contributed by atoms with E-state index in [0.717, 1.165) is 32.5 Å². The Hall–Kier alpha value is -1.46. The van der Waals surface area contributed by atoms with Gasteiger partial charge in [0, 0.05) is 13.0 Å². The Bertz CT molecular complexity index is 487. The summed E-state index contributed by atoms with van der Waals surface area (Å²) in [6.45, 7) is 5.45. The quantitative estimate of drug-likeness (QED) is 0.846. The van der Waals surface area contributed by atoms with Gasteiger partial charge in [-0.25, -0.2) is 4.39 Å². The van der Waals surface area contributed by atoms with Crippen LogP contribution in [0.2, 0.25) is 0 Å². The van der Waals surface area contributed by atoms with E-state index < -0.39 is 6.10 Å². The van der Waals surface area contributed by atoms with E-state index in [4.69, 9.17) is 0 Å². The first-order valence-corrected chi connectivity index (χ1v) is 8.01. The second-order valence-corrected chi connectivity index (χ2v) is 5.96. The molecule has 1 atom stereocenters. The Balaban J connectivity index is 1.71. The highest BCUT2D eigenvalue weighted by Crippen LogP contribution is 2.20. The van der Waals surface area contributed by atoms with Crippen LogP contribution in [0.4, 0.5) is 4.39 Å². The summed E-state index contributed by atoms with van der Waals surface area (Å²) in [7, 11) is 0. The van der Waals surface area contributed by atoms with Crippen LogP contribution in [0.3, 0.4) is 0 Å². The third-order valence-electron chi connectivity index (χ3n) is 4.35. The number of aliphatic hydroxyl groups excluding tert-OH is 1. The molecule has 1 fully saturated rings. The Morgan fingerprint density at radius 1 is 1.45 bits per heavy atom. The average molecular weight is 308 g/mol. The van der Waals surface area contributed by atoms with Gasteiger partial charge in [0.1, 0.15) is 5.82 Å². The second-order valence-electron chi connectivity index (χ2n) is 5.96. The summed E-state index contributed by atoms with van der Waals surface area (Å²) < 4.78 is 13.1. The van der Waals surface area contributed by atoms with Crippen molar-refractivity contribution in [2.75, 3.05) is 26.2 Å². The molecule has 0 radical (unpaired) electrons. The molecular weight excluding hydrogens is 283 g/mol. The molecule has 0 aliphatic carbocycles. The van der Waals surface area contributed by atoms with Gasteiger partial charge in [-0.3, -0.25) is 4.79 Å². The predicted molar refractivity (Wildman–Crippen MR) is 83.8 cm³/mol. The summed E-state index contributed by atoms with van der Waals surface area (Å²) >= 11 is 0. The van der Waals surface area contributed by atoms with E-state index in [1.54, 1.807) is 12.1 Å². The minimum absolute atomic E-state index is 0.0367. The summed E-state index contributed by atoms with van der Waals surface area (Å²) in [5, 5.41) is 12.7. The molecule has 0 spiro atoms. The highest BCUT2D eigenvalue weighted by molar-refractivity contribution is 5.76. The molecule has 5 heteroatoms. The van der Waals surface area contributed by atoms with Crippen LogP contribution < -0.4 is 5.32 Å². The lowest BCUT2D eigenvalue weighted by molar-refractivity contribution is -0.122. The second kappa shape index (κ2) is 8.25. The van der Waals surface area contributed by atoms with Gasteiger partial charge in [-0.2, -0.15) is 0 Å². The molecule has 1 saturated heterocycles. The molecule has 1 aromatic carbocycles. The van der Waals surface area contributed by atoms with E-state index in [9.17, 15) is 14.3 Å². The maximum Gasteiger partial charge on any atom is 0.220 e. The van der Waals surface area contributed by atoms with Crippen molar-refractivity contribution in [3.05, 3.63) is 35.6 Å². The van der Waals surface area contributed by atoms with E-state index in [-0.39, 0.29) is 18.3 Å². The molecule has 1 aliphatic heterocycles. The zero-order valence-electron chi connectivity index (χ0n) is 13.1. The van der Waals surface area contributed by atoms with Gasteiger partial charge in [0.2, 0.25) is 5.91 Å². The van der Waals surface area contributed by atoms with Crippen molar-refractivity contribution in [1.29, 1.82) is 0 Å². The third kappa shape index (κ3) is 5.07. The van der Waals surface area contributed by atoms with Gasteiger partial charge in [-0.05, 0) is 56.1 Å². The molecule has 1 amide bonds. The monoisotopic (exact) mass is 308 g/mol. The number of piperidine rings is 1. The van der Waals surface area contributed by atoms with Gasteiger partial charge in [0.15, 0.2) is 0 Å². The topological polar surface area (TPSA) is 52.6 Å². The molecule has 0 saturated carbocycles. The number of likely N-dealkylation sites (tertiary alicyclic amines) is 1. The Kier molecular flexibility index (Phi) is 6.34. The maximum atomic E-state index is 13.1. The summed E-state index contributed by atoms with van der Waals surface area (Å²) in [5.41, 5.74) is 0.483. The van der Waals surface area contributed by atoms with Crippen LogP contribution in [0.5, 0.6) is 0 Å². The first kappa shape index (κ1) is 16.9. The van der Waals surface area contributed by atoms with Crippen molar-refractivity contribution in [3.8, 4) is 0 Å². The molecule has 0 unspecified atom stereocenters. The summed E-state index contributed by atoms with van der Waals surface area (Å²) in [6.07, 6.45) is 1.73. The van der Waals surface area contributed by atoms with Crippen LogP contribution in [-0.4, -0.2) is 42.1 Å². The fourth-order valence-electron chi connectivity index (χ4n) is 2.88. The van der Waals surface area contributed by atoms with E-state index in [1.165, 1.54) is 12.1 Å². The van der Waals surface area contributed by atoms with Crippen LogP contribution in [0.15, 0.2) is 24.3 Å². The molecule has 0 aromatic heterocycles. The van der Waals surface area contributed by atoms with Gasteiger partial charge in [0.25, 0.3) is 0 Å². The van der Waals surface area contributed by atoms with E-state index >= 15 is 0 Å². The number of carbonyl (C=O) groups excluding carboxylic acids is 1. The van der Waals surface area contributed by atoms with Crippen LogP contribution in [-0.2, 0) is 4.79 Å². The molecule has 4 nitrogen and oxygen atoms in total. The number of hydrogen-bond acceptors (Lipinski definition) is 3. The van der Waals surface area contributed by atoms with Crippen LogP contribution in [0.1, 0.15) is 37.9 Å². The lowest BCUT2D eigenvalue weighted by atomic mass is 9.93. The normalized spacial score (nSPS) is 18.1. The molecule has 1 aromatic rings. The van der Waals surface area contributed by atoms with Crippen LogP contribution in [0, 0.1) is 11.7 Å². The number of hydrogen-bond donors (Lipinski definition) is 2. The minimum atomic E-state index is -0.874. The fraction of sp³-hybridized carbons (Fsp3) is 0.588. The lowest BCUT2D eigenvalue weighted by Gasteiger charge is -2.30. The Morgan fingerprint density at radius 3 is 2.82 bits per heavy atom. The lowest BCUT2D eigenvalue weighted by Crippen LogP contribution is -2.36. The molecular formula is C17H25FN2O2. The highest BCUT2D eigenvalue weighted by Gasteiger charge is 2.20. The number of carbonyl (C=O) groups is 1. The van der Waals surface area contributed by atoms with Crippen molar-refractivity contribution >= 4 is 5.91 Å². The van der Waals surface area contributed by atoms with Crippen LogP contribution in [0.25, 0.3) is 0 Å². The number of rotatable bonds is 6. The van der Waals surface area contributed by atoms with Gasteiger partial charge in [-0.1, -0.05) is 19.1 Å². The number of aliphatic hydroxyl groups is 1. The molecule has 22 heavy (non-hydrogen) atoms. The number of nitrogens with one attached hydrogen (secondary N) is 1. The Labute approximate surface area is 131 Å².